The molecule has 0 saturated heterocycles. The van der Waals surface area contributed by atoms with E-state index in [1.807, 2.05) is 18.2 Å². The lowest BCUT2D eigenvalue weighted by molar-refractivity contribution is -0.115. The SMILES string of the molecule is CC(=O)c1ccc(CC(=O)C2=CC=CCC2)s1.O=Cc1ccc(F)cc1. The molecule has 3 rings (SSSR count). The molecule has 0 saturated carbocycles. The highest BCUT2D eigenvalue weighted by atomic mass is 32.1. The van der Waals surface area contributed by atoms with Crippen LogP contribution in [0.1, 0.15) is 44.7 Å². The summed E-state index contributed by atoms with van der Waals surface area (Å²) in [6.45, 7) is 1.55. The summed E-state index contributed by atoms with van der Waals surface area (Å²) in [6.07, 6.45) is 8.77. The van der Waals surface area contributed by atoms with E-state index in [0.29, 0.717) is 18.3 Å². The van der Waals surface area contributed by atoms with Gasteiger partial charge in [-0.2, -0.15) is 0 Å². The van der Waals surface area contributed by atoms with E-state index in [1.165, 1.54) is 35.6 Å². The van der Waals surface area contributed by atoms with Crippen molar-refractivity contribution in [3.63, 3.8) is 0 Å². The van der Waals surface area contributed by atoms with Crippen molar-refractivity contribution >= 4 is 29.2 Å². The van der Waals surface area contributed by atoms with E-state index in [2.05, 4.69) is 6.08 Å². The molecular formula is C21H19FO3S. The molecule has 0 fully saturated rings. The molecule has 5 heteroatoms. The molecule has 3 nitrogen and oxygen atoms in total. The predicted octanol–water partition coefficient (Wildman–Crippen LogP) is 4.98. The van der Waals surface area contributed by atoms with Crippen molar-refractivity contribution < 1.29 is 18.8 Å². The number of allylic oxidation sites excluding steroid dienone is 4. The number of ketones is 2. The third-order valence-corrected chi connectivity index (χ3v) is 4.91. The Morgan fingerprint density at radius 3 is 2.42 bits per heavy atom. The first-order valence-electron chi connectivity index (χ1n) is 8.19. The lowest BCUT2D eigenvalue weighted by Crippen LogP contribution is -2.06. The Balaban J connectivity index is 0.000000228. The van der Waals surface area contributed by atoms with Crippen molar-refractivity contribution in [3.05, 3.63) is 81.3 Å². The maximum Gasteiger partial charge on any atom is 0.169 e. The van der Waals surface area contributed by atoms with Crippen LogP contribution < -0.4 is 0 Å². The van der Waals surface area contributed by atoms with E-state index in [4.69, 9.17) is 0 Å². The standard InChI is InChI=1S/C14H14O2S.C7H5FO/c1-10(15)14-8-7-12(17-14)9-13(16)11-5-3-2-4-6-11;8-7-3-1-6(5-9)2-4-7/h2-3,5,7-8H,4,6,9H2,1H3;1-5H. The minimum absolute atomic E-state index is 0.0634. The lowest BCUT2D eigenvalue weighted by Gasteiger charge is -2.06. The van der Waals surface area contributed by atoms with Crippen molar-refractivity contribution in [2.75, 3.05) is 0 Å². The Bertz CT molecular complexity index is 844. The largest absolute Gasteiger partial charge is 0.298 e. The van der Waals surface area contributed by atoms with Crippen molar-refractivity contribution in [2.24, 2.45) is 0 Å². The summed E-state index contributed by atoms with van der Waals surface area (Å²) in [5.41, 5.74) is 1.39. The van der Waals surface area contributed by atoms with Crippen LogP contribution in [0.3, 0.4) is 0 Å². The molecule has 26 heavy (non-hydrogen) atoms. The number of thiophene rings is 1. The normalized spacial score (nSPS) is 12.6. The van der Waals surface area contributed by atoms with E-state index < -0.39 is 0 Å². The highest BCUT2D eigenvalue weighted by molar-refractivity contribution is 7.14. The Labute approximate surface area is 155 Å². The Hall–Kier alpha value is -2.66. The summed E-state index contributed by atoms with van der Waals surface area (Å²) in [4.78, 5) is 34.8. The molecule has 134 valence electrons. The summed E-state index contributed by atoms with van der Waals surface area (Å²) in [7, 11) is 0. The first kappa shape index (κ1) is 19.7. The van der Waals surface area contributed by atoms with Gasteiger partial charge in [0.1, 0.15) is 12.1 Å². The van der Waals surface area contributed by atoms with Crippen molar-refractivity contribution in [1.82, 2.24) is 0 Å². The number of carbonyl (C=O) groups is 3. The van der Waals surface area contributed by atoms with Gasteiger partial charge >= 0.3 is 0 Å². The second-order valence-corrected chi connectivity index (χ2v) is 6.92. The summed E-state index contributed by atoms with van der Waals surface area (Å²) < 4.78 is 12.1. The number of carbonyl (C=O) groups excluding carboxylic acids is 3. The molecule has 1 aromatic heterocycles. The van der Waals surface area contributed by atoms with Gasteiger partial charge in [-0.3, -0.25) is 14.4 Å². The fourth-order valence-corrected chi connectivity index (χ4v) is 3.21. The van der Waals surface area contributed by atoms with Gasteiger partial charge in [-0.1, -0.05) is 18.2 Å². The molecule has 0 N–H and O–H groups in total. The Morgan fingerprint density at radius 2 is 1.88 bits per heavy atom. The highest BCUT2D eigenvalue weighted by Crippen LogP contribution is 2.21. The van der Waals surface area contributed by atoms with Gasteiger partial charge in [-0.25, -0.2) is 4.39 Å². The molecule has 1 aromatic carbocycles. The summed E-state index contributed by atoms with van der Waals surface area (Å²) >= 11 is 1.42. The van der Waals surface area contributed by atoms with Gasteiger partial charge in [0.2, 0.25) is 0 Å². The smallest absolute Gasteiger partial charge is 0.169 e. The molecular weight excluding hydrogens is 351 g/mol. The van der Waals surface area contributed by atoms with Gasteiger partial charge in [0.15, 0.2) is 11.6 Å². The number of aldehydes is 1. The molecule has 0 unspecified atom stereocenters. The average Bonchev–Trinajstić information content (AvgIpc) is 3.12. The van der Waals surface area contributed by atoms with Crippen LogP contribution in [0.15, 0.2) is 60.2 Å². The number of benzene rings is 1. The summed E-state index contributed by atoms with van der Waals surface area (Å²) in [6, 6.07) is 9.04. The minimum atomic E-state index is -0.319. The zero-order valence-corrected chi connectivity index (χ0v) is 15.2. The fourth-order valence-electron chi connectivity index (χ4n) is 2.31. The van der Waals surface area contributed by atoms with Gasteiger partial charge in [0.05, 0.1) is 4.88 Å². The second-order valence-electron chi connectivity index (χ2n) is 5.75. The lowest BCUT2D eigenvalue weighted by atomic mass is 9.99. The van der Waals surface area contributed by atoms with Crippen molar-refractivity contribution in [2.45, 2.75) is 26.2 Å². The number of rotatable bonds is 5. The molecule has 1 aliphatic carbocycles. The third kappa shape index (κ3) is 6.01. The zero-order chi connectivity index (χ0) is 18.9. The highest BCUT2D eigenvalue weighted by Gasteiger charge is 2.13. The van der Waals surface area contributed by atoms with Crippen molar-refractivity contribution in [3.8, 4) is 0 Å². The van der Waals surface area contributed by atoms with E-state index in [0.717, 1.165) is 28.2 Å². The first-order valence-corrected chi connectivity index (χ1v) is 9.00. The number of hydrogen-bond acceptors (Lipinski definition) is 4. The topological polar surface area (TPSA) is 51.2 Å². The molecule has 0 bridgehead atoms. The van der Waals surface area contributed by atoms with Crippen LogP contribution in [-0.2, 0) is 11.2 Å². The Morgan fingerprint density at radius 1 is 1.15 bits per heavy atom. The molecule has 0 aliphatic heterocycles. The van der Waals surface area contributed by atoms with Crippen LogP contribution in [-0.4, -0.2) is 17.9 Å². The number of Topliss-reactive ketones (excluding diaryl/α,β-unsaturated/α-hetero) is 2. The van der Waals surface area contributed by atoms with Crippen molar-refractivity contribution in [1.29, 1.82) is 0 Å². The molecule has 0 spiro atoms. The molecule has 2 aromatic rings. The summed E-state index contributed by atoms with van der Waals surface area (Å²) in [5, 5.41) is 0. The van der Waals surface area contributed by atoms with E-state index in [9.17, 15) is 18.8 Å². The minimum Gasteiger partial charge on any atom is -0.298 e. The quantitative estimate of drug-likeness (QED) is 0.551. The van der Waals surface area contributed by atoms with Gasteiger partial charge in [-0.05, 0) is 61.7 Å². The van der Waals surface area contributed by atoms with Gasteiger partial charge in [0, 0.05) is 16.9 Å². The Kier molecular flexibility index (Phi) is 7.36. The maximum absolute atomic E-state index is 12.1. The van der Waals surface area contributed by atoms with Crippen LogP contribution in [0.5, 0.6) is 0 Å². The van der Waals surface area contributed by atoms with Crippen LogP contribution in [0, 0.1) is 5.82 Å². The first-order chi connectivity index (χ1) is 12.5. The van der Waals surface area contributed by atoms with Crippen LogP contribution in [0.2, 0.25) is 0 Å². The van der Waals surface area contributed by atoms with E-state index in [-0.39, 0.29) is 17.4 Å². The number of hydrogen-bond donors (Lipinski definition) is 0. The molecule has 1 aliphatic rings. The second kappa shape index (κ2) is 9.73. The predicted molar refractivity (Wildman–Crippen MR) is 101 cm³/mol. The zero-order valence-electron chi connectivity index (χ0n) is 14.4. The monoisotopic (exact) mass is 370 g/mol. The number of halogens is 1. The fraction of sp³-hybridized carbons (Fsp3) is 0.190. The van der Waals surface area contributed by atoms with E-state index >= 15 is 0 Å². The third-order valence-electron chi connectivity index (χ3n) is 3.72. The van der Waals surface area contributed by atoms with Crippen LogP contribution in [0.4, 0.5) is 4.39 Å². The van der Waals surface area contributed by atoms with Gasteiger partial charge in [0.25, 0.3) is 0 Å². The molecule has 0 amide bonds. The summed E-state index contributed by atoms with van der Waals surface area (Å²) in [5.74, 6) is -0.0829. The van der Waals surface area contributed by atoms with Crippen LogP contribution in [0.25, 0.3) is 0 Å². The van der Waals surface area contributed by atoms with E-state index in [1.54, 1.807) is 13.0 Å². The average molecular weight is 370 g/mol. The van der Waals surface area contributed by atoms with Gasteiger partial charge in [-0.15, -0.1) is 11.3 Å². The molecule has 0 radical (unpaired) electrons. The van der Waals surface area contributed by atoms with Gasteiger partial charge < -0.3 is 0 Å². The molecule has 0 atom stereocenters. The maximum atomic E-state index is 12.1. The molecule has 1 heterocycles. The van der Waals surface area contributed by atoms with Crippen LogP contribution >= 0.6 is 11.3 Å².